The largest absolute Gasteiger partial charge is 0.272 e. The highest BCUT2D eigenvalue weighted by molar-refractivity contribution is 7.89. The molecule has 0 aromatic heterocycles. The number of hydrogen-bond donors (Lipinski definition) is 0. The summed E-state index contributed by atoms with van der Waals surface area (Å²) in [4.78, 5) is 14.0. The van der Waals surface area contributed by atoms with Crippen LogP contribution in [-0.2, 0) is 20.2 Å². The van der Waals surface area contributed by atoms with Crippen molar-refractivity contribution < 1.29 is 13.2 Å². The molecule has 4 rings (SSSR count). The number of benzene rings is 3. The van der Waals surface area contributed by atoms with Gasteiger partial charge in [0.05, 0.1) is 4.90 Å². The lowest BCUT2D eigenvalue weighted by molar-refractivity contribution is -0.127. The summed E-state index contributed by atoms with van der Waals surface area (Å²) < 4.78 is 27.9. The molecule has 4 nitrogen and oxygen atoms in total. The van der Waals surface area contributed by atoms with Crippen LogP contribution >= 0.6 is 0 Å². The van der Waals surface area contributed by atoms with E-state index in [0.717, 1.165) is 21.0 Å². The van der Waals surface area contributed by atoms with Crippen molar-refractivity contribution in [2.24, 2.45) is 0 Å². The lowest BCUT2D eigenvalue weighted by Crippen LogP contribution is -2.42. The Labute approximate surface area is 171 Å². The van der Waals surface area contributed by atoms with E-state index in [1.807, 2.05) is 67.6 Å². The normalized spacial score (nSPS) is 18.8. The van der Waals surface area contributed by atoms with Crippen molar-refractivity contribution in [3.8, 4) is 0 Å². The topological polar surface area (TPSA) is 54.5 Å². The van der Waals surface area contributed by atoms with Crippen LogP contribution in [0.25, 0.3) is 0 Å². The average molecular weight is 406 g/mol. The minimum absolute atomic E-state index is 0.139. The Bertz CT molecular complexity index is 1080. The number of aryl methyl sites for hydroxylation is 1. The van der Waals surface area contributed by atoms with Crippen LogP contribution in [0.2, 0.25) is 0 Å². The summed E-state index contributed by atoms with van der Waals surface area (Å²) in [7, 11) is -3.96. The molecule has 0 bridgehead atoms. The quantitative estimate of drug-likeness (QED) is 0.651. The Morgan fingerprint density at radius 2 is 1.31 bits per heavy atom. The lowest BCUT2D eigenvalue weighted by atomic mass is 9.72. The molecule has 148 valence electrons. The van der Waals surface area contributed by atoms with Gasteiger partial charge in [0.15, 0.2) is 0 Å². The molecule has 1 atom stereocenters. The van der Waals surface area contributed by atoms with Gasteiger partial charge in [-0.05, 0) is 43.5 Å². The fourth-order valence-electron chi connectivity index (χ4n) is 4.27. The zero-order valence-electron chi connectivity index (χ0n) is 16.4. The Kier molecular flexibility index (Phi) is 4.79. The Morgan fingerprint density at radius 3 is 1.79 bits per heavy atom. The fraction of sp³-hybridized carbons (Fsp3) is 0.208. The van der Waals surface area contributed by atoms with Crippen molar-refractivity contribution in [3.63, 3.8) is 0 Å². The first-order valence-corrected chi connectivity index (χ1v) is 11.1. The first-order valence-electron chi connectivity index (χ1n) is 9.64. The highest BCUT2D eigenvalue weighted by Gasteiger charge is 2.56. The van der Waals surface area contributed by atoms with E-state index >= 15 is 0 Å². The first kappa shape index (κ1) is 19.4. The number of amides is 1. The molecule has 1 heterocycles. The number of rotatable bonds is 4. The molecule has 0 saturated carbocycles. The summed E-state index contributed by atoms with van der Waals surface area (Å²) in [6.45, 7) is 3.70. The standard InChI is InChI=1S/C24H23NO3S/c1-18-13-15-22(16-14-18)29(27,28)25-19(2)17-24(23(25)26,20-9-5-3-6-10-20)21-11-7-4-8-12-21/h3-16,19H,17H2,1-2H3/t19-/m0/s1. The number of nitrogens with zero attached hydrogens (tertiary/aromatic N) is 1. The molecule has 0 N–H and O–H groups in total. The molecule has 1 aliphatic heterocycles. The molecular formula is C24H23NO3S. The summed E-state index contributed by atoms with van der Waals surface area (Å²) in [5, 5.41) is 0. The van der Waals surface area contributed by atoms with Crippen LogP contribution in [0, 0.1) is 6.92 Å². The van der Waals surface area contributed by atoms with E-state index in [4.69, 9.17) is 0 Å². The first-order chi connectivity index (χ1) is 13.9. The monoisotopic (exact) mass is 405 g/mol. The zero-order valence-corrected chi connectivity index (χ0v) is 17.3. The van der Waals surface area contributed by atoms with Gasteiger partial charge < -0.3 is 0 Å². The van der Waals surface area contributed by atoms with Gasteiger partial charge >= 0.3 is 0 Å². The molecule has 1 fully saturated rings. The van der Waals surface area contributed by atoms with E-state index in [9.17, 15) is 13.2 Å². The molecule has 1 aliphatic rings. The van der Waals surface area contributed by atoms with Crippen LogP contribution < -0.4 is 0 Å². The third-order valence-electron chi connectivity index (χ3n) is 5.68. The van der Waals surface area contributed by atoms with Crippen molar-refractivity contribution in [1.82, 2.24) is 4.31 Å². The van der Waals surface area contributed by atoms with E-state index in [0.29, 0.717) is 6.42 Å². The second kappa shape index (κ2) is 7.16. The van der Waals surface area contributed by atoms with Gasteiger partial charge in [-0.3, -0.25) is 4.79 Å². The number of carbonyl (C=O) groups is 1. The average Bonchev–Trinajstić information content (AvgIpc) is 3.01. The molecule has 0 radical (unpaired) electrons. The highest BCUT2D eigenvalue weighted by Crippen LogP contribution is 2.46. The summed E-state index contributed by atoms with van der Waals surface area (Å²) >= 11 is 0. The minimum atomic E-state index is -3.96. The second-order valence-electron chi connectivity index (χ2n) is 7.61. The lowest BCUT2D eigenvalue weighted by Gasteiger charge is -2.29. The molecule has 3 aromatic carbocycles. The van der Waals surface area contributed by atoms with E-state index in [1.54, 1.807) is 31.2 Å². The molecule has 1 amide bonds. The molecule has 3 aromatic rings. The summed E-state index contributed by atoms with van der Waals surface area (Å²) in [6, 6.07) is 25.1. The SMILES string of the molecule is Cc1ccc(S(=O)(=O)N2C(=O)C(c3ccccc3)(c3ccccc3)C[C@@H]2C)cc1. The number of carbonyl (C=O) groups excluding carboxylic acids is 1. The Balaban J connectivity index is 1.88. The number of sulfonamides is 1. The van der Waals surface area contributed by atoms with Gasteiger partial charge in [-0.2, -0.15) is 0 Å². The molecule has 0 spiro atoms. The summed E-state index contributed by atoms with van der Waals surface area (Å²) in [5.41, 5.74) is 1.56. The smallest absolute Gasteiger partial charge is 0.266 e. The van der Waals surface area contributed by atoms with Gasteiger partial charge in [0.2, 0.25) is 0 Å². The van der Waals surface area contributed by atoms with Gasteiger partial charge in [-0.25, -0.2) is 12.7 Å². The highest BCUT2D eigenvalue weighted by atomic mass is 32.2. The maximum absolute atomic E-state index is 13.9. The number of hydrogen-bond acceptors (Lipinski definition) is 3. The molecule has 5 heteroatoms. The molecule has 0 aliphatic carbocycles. The van der Waals surface area contributed by atoms with Crippen molar-refractivity contribution in [1.29, 1.82) is 0 Å². The summed E-state index contributed by atoms with van der Waals surface area (Å²) in [6.07, 6.45) is 0.394. The molecule has 29 heavy (non-hydrogen) atoms. The zero-order chi connectivity index (χ0) is 20.6. The Hall–Kier alpha value is -2.92. The van der Waals surface area contributed by atoms with Crippen molar-refractivity contribution in [2.45, 2.75) is 36.6 Å². The fourth-order valence-corrected chi connectivity index (χ4v) is 5.90. The van der Waals surface area contributed by atoms with Crippen molar-refractivity contribution in [3.05, 3.63) is 102 Å². The summed E-state index contributed by atoms with van der Waals surface area (Å²) in [5.74, 6) is -0.400. The van der Waals surface area contributed by atoms with Gasteiger partial charge in [-0.1, -0.05) is 78.4 Å². The third-order valence-corrected chi connectivity index (χ3v) is 7.59. The second-order valence-corrected chi connectivity index (χ2v) is 9.42. The molecule has 1 saturated heterocycles. The van der Waals surface area contributed by atoms with Gasteiger partial charge in [0.1, 0.15) is 5.41 Å². The predicted octanol–water partition coefficient (Wildman–Crippen LogP) is 4.29. The molecule has 0 unspecified atom stereocenters. The van der Waals surface area contributed by atoms with Gasteiger partial charge in [-0.15, -0.1) is 0 Å². The van der Waals surface area contributed by atoms with E-state index in [2.05, 4.69) is 0 Å². The van der Waals surface area contributed by atoms with Crippen LogP contribution in [0.15, 0.2) is 89.8 Å². The van der Waals surface area contributed by atoms with Gasteiger partial charge in [0, 0.05) is 6.04 Å². The van der Waals surface area contributed by atoms with E-state index < -0.39 is 27.4 Å². The maximum atomic E-state index is 13.9. The van der Waals surface area contributed by atoms with E-state index in [1.165, 1.54) is 0 Å². The predicted molar refractivity (Wildman–Crippen MR) is 113 cm³/mol. The van der Waals surface area contributed by atoms with Gasteiger partial charge in [0.25, 0.3) is 15.9 Å². The van der Waals surface area contributed by atoms with Crippen LogP contribution in [-0.4, -0.2) is 24.7 Å². The van der Waals surface area contributed by atoms with Crippen LogP contribution in [0.5, 0.6) is 0 Å². The van der Waals surface area contributed by atoms with Crippen molar-refractivity contribution in [2.75, 3.05) is 0 Å². The Morgan fingerprint density at radius 1 is 0.828 bits per heavy atom. The van der Waals surface area contributed by atoms with E-state index in [-0.39, 0.29) is 4.90 Å². The van der Waals surface area contributed by atoms with Crippen LogP contribution in [0.4, 0.5) is 0 Å². The molecular weight excluding hydrogens is 382 g/mol. The minimum Gasteiger partial charge on any atom is -0.272 e. The van der Waals surface area contributed by atoms with Crippen molar-refractivity contribution >= 4 is 15.9 Å². The maximum Gasteiger partial charge on any atom is 0.266 e. The van der Waals surface area contributed by atoms with Crippen LogP contribution in [0.1, 0.15) is 30.0 Å². The van der Waals surface area contributed by atoms with Crippen LogP contribution in [0.3, 0.4) is 0 Å². The third kappa shape index (κ3) is 3.06.